The van der Waals surface area contributed by atoms with E-state index in [1.54, 1.807) is 23.5 Å². The molecule has 114 valence electrons. The van der Waals surface area contributed by atoms with E-state index in [0.29, 0.717) is 5.25 Å². The van der Waals surface area contributed by atoms with Gasteiger partial charge in [-0.2, -0.15) is 0 Å². The second-order valence-electron chi connectivity index (χ2n) is 5.30. The van der Waals surface area contributed by atoms with E-state index < -0.39 is 0 Å². The Morgan fingerprint density at radius 3 is 3.00 bits per heavy atom. The number of aromatic nitrogens is 1. The Balaban J connectivity index is 1.84. The van der Waals surface area contributed by atoms with Crippen LogP contribution in [0.2, 0.25) is 0 Å². The van der Waals surface area contributed by atoms with Crippen LogP contribution in [0.5, 0.6) is 0 Å². The van der Waals surface area contributed by atoms with Gasteiger partial charge in [-0.1, -0.05) is 19.1 Å². The van der Waals surface area contributed by atoms with Crippen molar-refractivity contribution >= 4 is 40.8 Å². The number of nitrogens with zero attached hydrogens (tertiary/aromatic N) is 2. The minimum Gasteiger partial charge on any atom is -0.308 e. The van der Waals surface area contributed by atoms with Gasteiger partial charge in [-0.15, -0.1) is 23.1 Å². The van der Waals surface area contributed by atoms with Gasteiger partial charge in [0.1, 0.15) is 0 Å². The molecule has 1 aliphatic heterocycles. The highest BCUT2D eigenvalue weighted by Gasteiger charge is 2.22. The molecular weight excluding hydrogens is 312 g/mol. The summed E-state index contributed by atoms with van der Waals surface area (Å²) in [4.78, 5) is 20.0. The Labute approximate surface area is 139 Å². The van der Waals surface area contributed by atoms with Crippen molar-refractivity contribution < 1.29 is 4.79 Å². The number of hydrogen-bond acceptors (Lipinski definition) is 4. The molecule has 1 amide bonds. The third kappa shape index (κ3) is 3.42. The number of thiazole rings is 1. The molecule has 3 rings (SSSR count). The van der Waals surface area contributed by atoms with Crippen LogP contribution in [0.4, 0.5) is 5.69 Å². The number of aryl methyl sites for hydroxylation is 1. The number of hydrogen-bond donors (Lipinski definition) is 0. The average Bonchev–Trinajstić information content (AvgIpc) is 2.84. The summed E-state index contributed by atoms with van der Waals surface area (Å²) < 4.78 is 0. The lowest BCUT2D eigenvalue weighted by atomic mass is 10.2. The molecule has 0 fully saturated rings. The van der Waals surface area contributed by atoms with Gasteiger partial charge >= 0.3 is 0 Å². The van der Waals surface area contributed by atoms with E-state index in [1.165, 1.54) is 4.90 Å². The number of rotatable bonds is 2. The minimum absolute atomic E-state index is 0.0211. The topological polar surface area (TPSA) is 33.2 Å². The van der Waals surface area contributed by atoms with Gasteiger partial charge in [-0.05, 0) is 31.6 Å². The summed E-state index contributed by atoms with van der Waals surface area (Å²) in [6.07, 6.45) is 4.43. The smallest absolute Gasteiger partial charge is 0.251 e. The van der Waals surface area contributed by atoms with Crippen LogP contribution in [0.1, 0.15) is 24.0 Å². The van der Waals surface area contributed by atoms with Crippen LogP contribution < -0.4 is 4.90 Å². The predicted molar refractivity (Wildman–Crippen MR) is 94.6 cm³/mol. The molecule has 3 nitrogen and oxygen atoms in total. The maximum atomic E-state index is 12.6. The standard InChI is InChI=1S/C17H18N2OS2/c1-12-9-10-19(15-5-3-4-6-16(15)22-12)17(20)8-7-14-11-21-13(2)18-14/h3-8,11-12H,9-10H2,1-2H3/b8-7+. The zero-order valence-electron chi connectivity index (χ0n) is 12.7. The molecule has 0 saturated carbocycles. The minimum atomic E-state index is 0.0211. The molecule has 2 heterocycles. The summed E-state index contributed by atoms with van der Waals surface area (Å²) in [7, 11) is 0. The predicted octanol–water partition coefficient (Wildman–Crippen LogP) is 4.38. The van der Waals surface area contributed by atoms with Gasteiger partial charge in [-0.3, -0.25) is 4.79 Å². The summed E-state index contributed by atoms with van der Waals surface area (Å²) in [5.41, 5.74) is 1.86. The molecule has 0 saturated heterocycles. The molecule has 1 aromatic heterocycles. The highest BCUT2D eigenvalue weighted by Crippen LogP contribution is 2.37. The van der Waals surface area contributed by atoms with Crippen molar-refractivity contribution in [2.75, 3.05) is 11.4 Å². The fourth-order valence-electron chi connectivity index (χ4n) is 2.42. The van der Waals surface area contributed by atoms with Crippen LogP contribution in [0.15, 0.2) is 40.6 Å². The molecular formula is C17H18N2OS2. The fourth-order valence-corrected chi connectivity index (χ4v) is 4.11. The molecule has 0 spiro atoms. The fraction of sp³-hybridized carbons (Fsp3) is 0.294. The number of para-hydroxylation sites is 1. The maximum absolute atomic E-state index is 12.6. The van der Waals surface area contributed by atoms with Gasteiger partial charge in [0.25, 0.3) is 5.91 Å². The van der Waals surface area contributed by atoms with E-state index in [0.717, 1.165) is 29.4 Å². The van der Waals surface area contributed by atoms with Gasteiger partial charge in [0.2, 0.25) is 0 Å². The average molecular weight is 330 g/mol. The Bertz CT molecular complexity index is 708. The SMILES string of the molecule is Cc1nc(/C=C/C(=O)N2CCC(C)Sc3ccccc32)cs1. The molecule has 1 atom stereocenters. The van der Waals surface area contributed by atoms with Crippen molar-refractivity contribution in [3.63, 3.8) is 0 Å². The van der Waals surface area contributed by atoms with E-state index >= 15 is 0 Å². The molecule has 0 aliphatic carbocycles. The summed E-state index contributed by atoms with van der Waals surface area (Å²) in [6.45, 7) is 4.93. The lowest BCUT2D eigenvalue weighted by Gasteiger charge is -2.20. The second kappa shape index (κ2) is 6.67. The van der Waals surface area contributed by atoms with Gasteiger partial charge in [-0.25, -0.2) is 4.98 Å². The van der Waals surface area contributed by atoms with Crippen LogP contribution in [-0.4, -0.2) is 22.7 Å². The molecule has 1 aromatic carbocycles. The van der Waals surface area contributed by atoms with E-state index in [9.17, 15) is 4.79 Å². The second-order valence-corrected chi connectivity index (χ2v) is 7.84. The summed E-state index contributed by atoms with van der Waals surface area (Å²) in [6, 6.07) is 8.14. The van der Waals surface area contributed by atoms with Crippen molar-refractivity contribution in [1.29, 1.82) is 0 Å². The van der Waals surface area contributed by atoms with Crippen LogP contribution in [-0.2, 0) is 4.79 Å². The Kier molecular flexibility index (Phi) is 4.64. The summed E-state index contributed by atoms with van der Waals surface area (Å²) in [5.74, 6) is 0.0211. The number of amides is 1. The third-order valence-corrected chi connectivity index (χ3v) is 5.57. The van der Waals surface area contributed by atoms with Gasteiger partial charge in [0.15, 0.2) is 0 Å². The first kappa shape index (κ1) is 15.3. The van der Waals surface area contributed by atoms with E-state index in [2.05, 4.69) is 18.0 Å². The number of anilines is 1. The number of carbonyl (C=O) groups is 1. The maximum Gasteiger partial charge on any atom is 0.251 e. The molecule has 5 heteroatoms. The van der Waals surface area contributed by atoms with Crippen molar-refractivity contribution in [2.45, 2.75) is 30.4 Å². The molecule has 0 radical (unpaired) electrons. The van der Waals surface area contributed by atoms with Crippen LogP contribution in [0.3, 0.4) is 0 Å². The Morgan fingerprint density at radius 1 is 1.41 bits per heavy atom. The molecule has 22 heavy (non-hydrogen) atoms. The molecule has 1 aliphatic rings. The van der Waals surface area contributed by atoms with E-state index in [1.807, 2.05) is 47.2 Å². The first-order valence-electron chi connectivity index (χ1n) is 7.31. The molecule has 0 bridgehead atoms. The number of fused-ring (bicyclic) bond motifs is 1. The van der Waals surface area contributed by atoms with Crippen LogP contribution >= 0.6 is 23.1 Å². The van der Waals surface area contributed by atoms with E-state index in [-0.39, 0.29) is 5.91 Å². The van der Waals surface area contributed by atoms with Gasteiger partial charge in [0, 0.05) is 28.1 Å². The van der Waals surface area contributed by atoms with Crippen molar-refractivity contribution in [2.24, 2.45) is 0 Å². The first-order chi connectivity index (χ1) is 10.6. The highest BCUT2D eigenvalue weighted by molar-refractivity contribution is 8.00. The molecule has 1 unspecified atom stereocenters. The molecule has 2 aromatic rings. The Morgan fingerprint density at radius 2 is 2.23 bits per heavy atom. The molecule has 0 N–H and O–H groups in total. The first-order valence-corrected chi connectivity index (χ1v) is 9.07. The van der Waals surface area contributed by atoms with Crippen LogP contribution in [0.25, 0.3) is 6.08 Å². The lowest BCUT2D eigenvalue weighted by Crippen LogP contribution is -2.30. The monoisotopic (exact) mass is 330 g/mol. The van der Waals surface area contributed by atoms with Crippen molar-refractivity contribution in [3.05, 3.63) is 46.4 Å². The van der Waals surface area contributed by atoms with Crippen molar-refractivity contribution in [3.8, 4) is 0 Å². The van der Waals surface area contributed by atoms with Crippen molar-refractivity contribution in [1.82, 2.24) is 4.98 Å². The summed E-state index contributed by atoms with van der Waals surface area (Å²) >= 11 is 3.44. The zero-order valence-corrected chi connectivity index (χ0v) is 14.3. The third-order valence-electron chi connectivity index (χ3n) is 3.54. The largest absolute Gasteiger partial charge is 0.308 e. The lowest BCUT2D eigenvalue weighted by molar-refractivity contribution is -0.114. The van der Waals surface area contributed by atoms with Gasteiger partial charge in [0.05, 0.1) is 16.4 Å². The van der Waals surface area contributed by atoms with Crippen LogP contribution in [0, 0.1) is 6.92 Å². The number of carbonyl (C=O) groups excluding carboxylic acids is 1. The zero-order chi connectivity index (χ0) is 15.5. The Hall–Kier alpha value is -1.59. The number of benzene rings is 1. The summed E-state index contributed by atoms with van der Waals surface area (Å²) in [5, 5.41) is 3.49. The quantitative estimate of drug-likeness (QED) is 0.766. The normalized spacial score (nSPS) is 18.3. The highest BCUT2D eigenvalue weighted by atomic mass is 32.2. The number of thioether (sulfide) groups is 1. The van der Waals surface area contributed by atoms with Gasteiger partial charge < -0.3 is 4.90 Å². The van der Waals surface area contributed by atoms with E-state index in [4.69, 9.17) is 0 Å².